The van der Waals surface area contributed by atoms with E-state index in [-0.39, 0.29) is 0 Å². The molecule has 19 heavy (non-hydrogen) atoms. The lowest BCUT2D eigenvalue weighted by Crippen LogP contribution is -2.00. The Balaban J connectivity index is 0.000000415. The number of hydrogen-bond acceptors (Lipinski definition) is 2. The summed E-state index contributed by atoms with van der Waals surface area (Å²) in [6.45, 7) is 4.00. The van der Waals surface area contributed by atoms with E-state index in [0.717, 1.165) is 38.4 Å². The van der Waals surface area contributed by atoms with E-state index in [9.17, 15) is 4.79 Å². The van der Waals surface area contributed by atoms with Crippen molar-refractivity contribution < 1.29 is 9.90 Å². The zero-order valence-electron chi connectivity index (χ0n) is 12.2. The molecule has 2 nitrogen and oxygen atoms in total. The van der Waals surface area contributed by atoms with E-state index in [4.69, 9.17) is 5.11 Å². The number of hydrogen-bond donors (Lipinski definition) is 1. The molecule has 0 saturated heterocycles. The molecule has 0 aliphatic heterocycles. The maximum atomic E-state index is 11.9. The van der Waals surface area contributed by atoms with Crippen LogP contribution in [0.15, 0.2) is 29.8 Å². The number of carbonyl (C=O) groups excluding carboxylic acids is 1. The maximum Gasteiger partial charge on any atom is 0.159 e. The van der Waals surface area contributed by atoms with Crippen molar-refractivity contribution in [3.05, 3.63) is 41.0 Å². The van der Waals surface area contributed by atoms with Crippen LogP contribution in [-0.4, -0.2) is 18.0 Å². The lowest BCUT2D eigenvalue weighted by molar-refractivity contribution is -0.115. The molecule has 0 saturated carbocycles. The highest BCUT2D eigenvalue weighted by Gasteiger charge is 2.25. The largest absolute Gasteiger partial charge is 0.400 e. The van der Waals surface area contributed by atoms with E-state index in [2.05, 4.69) is 24.3 Å². The summed E-state index contributed by atoms with van der Waals surface area (Å²) in [5, 5.41) is 7.00. The maximum absolute atomic E-state index is 11.9. The molecule has 104 valence electrons. The summed E-state index contributed by atoms with van der Waals surface area (Å²) >= 11 is 0. The Morgan fingerprint density at radius 2 is 1.53 bits per heavy atom. The number of fused-ring (bicyclic) bond motifs is 2. The predicted octanol–water partition coefficient (Wildman–Crippen LogP) is 3.77. The minimum Gasteiger partial charge on any atom is -0.400 e. The second-order valence-corrected chi connectivity index (χ2v) is 4.39. The van der Waals surface area contributed by atoms with Crippen LogP contribution in [0.1, 0.15) is 50.7 Å². The second kappa shape index (κ2) is 7.90. The average Bonchev–Trinajstić information content (AvgIpc) is 2.94. The zero-order chi connectivity index (χ0) is 14.3. The Kier molecular flexibility index (Phi) is 6.51. The van der Waals surface area contributed by atoms with Gasteiger partial charge in [-0.2, -0.15) is 0 Å². The fourth-order valence-corrected chi connectivity index (χ4v) is 2.78. The summed E-state index contributed by atoms with van der Waals surface area (Å²) in [5.41, 5.74) is 5.17. The van der Waals surface area contributed by atoms with Gasteiger partial charge in [-0.1, -0.05) is 38.1 Å². The number of benzene rings is 1. The van der Waals surface area contributed by atoms with Crippen molar-refractivity contribution in [1.29, 1.82) is 0 Å². The van der Waals surface area contributed by atoms with Crippen molar-refractivity contribution >= 4 is 11.4 Å². The fraction of sp³-hybridized carbons (Fsp3) is 0.471. The second-order valence-electron chi connectivity index (χ2n) is 4.39. The Labute approximate surface area is 116 Å². The van der Waals surface area contributed by atoms with Gasteiger partial charge in [0.25, 0.3) is 0 Å². The van der Waals surface area contributed by atoms with E-state index >= 15 is 0 Å². The minimum atomic E-state index is 0.388. The van der Waals surface area contributed by atoms with E-state index in [1.54, 1.807) is 0 Å². The van der Waals surface area contributed by atoms with Crippen LogP contribution < -0.4 is 0 Å². The molecular weight excluding hydrogens is 236 g/mol. The zero-order valence-corrected chi connectivity index (χ0v) is 12.2. The Hall–Kier alpha value is -1.41. The van der Waals surface area contributed by atoms with Gasteiger partial charge in [-0.05, 0) is 48.0 Å². The summed E-state index contributed by atoms with van der Waals surface area (Å²) in [5.74, 6) is 0.388. The van der Waals surface area contributed by atoms with Crippen LogP contribution in [0.3, 0.4) is 0 Å². The predicted molar refractivity (Wildman–Crippen MR) is 80.0 cm³/mol. The molecule has 1 aromatic rings. The first-order valence-corrected chi connectivity index (χ1v) is 7.14. The molecule has 0 radical (unpaired) electrons. The van der Waals surface area contributed by atoms with Crippen LogP contribution >= 0.6 is 0 Å². The van der Waals surface area contributed by atoms with Gasteiger partial charge in [0.15, 0.2) is 5.78 Å². The molecule has 0 unspecified atom stereocenters. The summed E-state index contributed by atoms with van der Waals surface area (Å²) < 4.78 is 0. The van der Waals surface area contributed by atoms with Crippen LogP contribution in [0.4, 0.5) is 0 Å². The van der Waals surface area contributed by atoms with E-state index in [1.807, 2.05) is 13.8 Å². The number of ketones is 1. The first-order valence-electron chi connectivity index (χ1n) is 7.14. The quantitative estimate of drug-likeness (QED) is 0.771. The Morgan fingerprint density at radius 1 is 0.895 bits per heavy atom. The topological polar surface area (TPSA) is 37.3 Å². The van der Waals surface area contributed by atoms with Crippen molar-refractivity contribution in [2.24, 2.45) is 0 Å². The number of aryl methyl sites for hydroxylation is 1. The van der Waals surface area contributed by atoms with Crippen molar-refractivity contribution in [3.8, 4) is 0 Å². The molecule has 0 fully saturated rings. The lowest BCUT2D eigenvalue weighted by Gasteiger charge is -2.07. The van der Waals surface area contributed by atoms with Crippen LogP contribution in [0, 0.1) is 0 Å². The van der Waals surface area contributed by atoms with Gasteiger partial charge in [0.1, 0.15) is 0 Å². The normalized spacial score (nSPS) is 16.3. The number of aliphatic hydroxyl groups is 1. The average molecular weight is 260 g/mol. The molecule has 2 aliphatic carbocycles. The first-order chi connectivity index (χ1) is 9.36. The molecule has 0 aromatic heterocycles. The minimum absolute atomic E-state index is 0.388. The van der Waals surface area contributed by atoms with Crippen LogP contribution in [0.5, 0.6) is 0 Å². The van der Waals surface area contributed by atoms with Gasteiger partial charge in [-0.15, -0.1) is 0 Å². The summed E-state index contributed by atoms with van der Waals surface area (Å²) in [7, 11) is 1.00. The van der Waals surface area contributed by atoms with Crippen LogP contribution in [-0.2, 0) is 11.2 Å². The van der Waals surface area contributed by atoms with Crippen LogP contribution in [0.2, 0.25) is 0 Å². The molecule has 2 heteroatoms. The van der Waals surface area contributed by atoms with Gasteiger partial charge < -0.3 is 5.11 Å². The summed E-state index contributed by atoms with van der Waals surface area (Å²) in [6.07, 6.45) is 4.88. The standard InChI is InChI=1S/C14H14O.C2H6.CH4O/c15-14-9-8-10-4-1-2-5-11(10)12-6-3-7-13(12)14;2*1-2/h1-2,4-5H,3,6-9H2;1-2H3;2H,1H3. The number of carbonyl (C=O) groups is 1. The van der Waals surface area contributed by atoms with Gasteiger partial charge >= 0.3 is 0 Å². The third-order valence-corrected chi connectivity index (χ3v) is 3.52. The number of rotatable bonds is 0. The van der Waals surface area contributed by atoms with Crippen molar-refractivity contribution in [3.63, 3.8) is 0 Å². The van der Waals surface area contributed by atoms with E-state index in [0.29, 0.717) is 12.2 Å². The Bertz CT molecular complexity index is 458. The molecule has 0 atom stereocenters. The van der Waals surface area contributed by atoms with Crippen molar-refractivity contribution in [1.82, 2.24) is 0 Å². The smallest absolute Gasteiger partial charge is 0.159 e. The molecule has 1 N–H and O–H groups in total. The molecule has 1 aromatic carbocycles. The van der Waals surface area contributed by atoms with Crippen molar-refractivity contribution in [2.45, 2.75) is 46.0 Å². The van der Waals surface area contributed by atoms with Gasteiger partial charge in [-0.3, -0.25) is 4.79 Å². The van der Waals surface area contributed by atoms with Gasteiger partial charge in [0.2, 0.25) is 0 Å². The third kappa shape index (κ3) is 3.32. The first kappa shape index (κ1) is 15.6. The van der Waals surface area contributed by atoms with Crippen molar-refractivity contribution in [2.75, 3.05) is 7.11 Å². The van der Waals surface area contributed by atoms with Gasteiger partial charge in [0.05, 0.1) is 0 Å². The molecule has 0 amide bonds. The summed E-state index contributed by atoms with van der Waals surface area (Å²) in [6, 6.07) is 8.49. The molecule has 2 aliphatic rings. The number of Topliss-reactive ketones (excluding diaryl/α,β-unsaturated/α-hetero) is 1. The number of allylic oxidation sites excluding steroid dienone is 2. The molecule has 0 heterocycles. The highest BCUT2D eigenvalue weighted by molar-refractivity contribution is 6.04. The molecule has 0 spiro atoms. The Morgan fingerprint density at radius 3 is 2.26 bits per heavy atom. The third-order valence-electron chi connectivity index (χ3n) is 3.52. The number of aliphatic hydroxyl groups excluding tert-OH is 1. The highest BCUT2D eigenvalue weighted by atomic mass is 16.2. The fourth-order valence-electron chi connectivity index (χ4n) is 2.78. The van der Waals surface area contributed by atoms with Crippen LogP contribution in [0.25, 0.3) is 5.57 Å². The monoisotopic (exact) mass is 260 g/mol. The SMILES string of the molecule is CC.CO.O=C1CCc2ccccc2C2=C1CCC2. The molecule has 3 rings (SSSR count). The molecular formula is C17H24O2. The van der Waals surface area contributed by atoms with Gasteiger partial charge in [-0.25, -0.2) is 0 Å². The van der Waals surface area contributed by atoms with E-state index in [1.165, 1.54) is 16.7 Å². The highest BCUT2D eigenvalue weighted by Crippen LogP contribution is 2.38. The summed E-state index contributed by atoms with van der Waals surface area (Å²) in [4.78, 5) is 11.9. The van der Waals surface area contributed by atoms with Gasteiger partial charge in [0, 0.05) is 13.5 Å². The lowest BCUT2D eigenvalue weighted by atomic mass is 9.98. The molecule has 0 bridgehead atoms. The van der Waals surface area contributed by atoms with E-state index < -0.39 is 0 Å².